The molecule has 0 radical (unpaired) electrons. The van der Waals surface area contributed by atoms with E-state index in [2.05, 4.69) is 4.98 Å². The number of ether oxygens (including phenoxy) is 2. The lowest BCUT2D eigenvalue weighted by atomic mass is 9.89. The van der Waals surface area contributed by atoms with Gasteiger partial charge < -0.3 is 19.7 Å². The fourth-order valence-corrected chi connectivity index (χ4v) is 6.20. The number of aliphatic carboxylic acids is 1. The van der Waals surface area contributed by atoms with Gasteiger partial charge in [0.25, 0.3) is 0 Å². The van der Waals surface area contributed by atoms with Crippen molar-refractivity contribution >= 4 is 46.2 Å². The van der Waals surface area contributed by atoms with Crippen molar-refractivity contribution in [2.45, 2.75) is 24.7 Å². The summed E-state index contributed by atoms with van der Waals surface area (Å²) in [5.41, 5.74) is 3.63. The van der Waals surface area contributed by atoms with Gasteiger partial charge in [-0.15, -0.1) is 0 Å². The van der Waals surface area contributed by atoms with Crippen LogP contribution in [0.3, 0.4) is 0 Å². The molecule has 2 N–H and O–H groups in total. The van der Waals surface area contributed by atoms with Crippen molar-refractivity contribution in [2.75, 3.05) is 12.4 Å². The molecule has 0 saturated carbocycles. The molecule has 1 aromatic heterocycles. The maximum atomic E-state index is 11.5. The highest BCUT2D eigenvalue weighted by Gasteiger charge is 2.32. The number of rotatable bonds is 10. The molecule has 5 rings (SSSR count). The normalized spacial score (nSPS) is 16.3. The summed E-state index contributed by atoms with van der Waals surface area (Å²) in [6, 6.07) is 22.1. The van der Waals surface area contributed by atoms with Crippen LogP contribution in [0, 0.1) is 5.92 Å². The lowest BCUT2D eigenvalue weighted by Crippen LogP contribution is -2.26. The highest BCUT2D eigenvalue weighted by atomic mass is 35.5. The Balaban J connectivity index is 1.36. The molecule has 2 heterocycles. The Bertz CT molecular complexity index is 1530. The largest absolute Gasteiger partial charge is 0.493 e. The average molecular weight is 564 g/mol. The Morgan fingerprint density at radius 3 is 2.72 bits per heavy atom. The van der Waals surface area contributed by atoms with Crippen molar-refractivity contribution < 1.29 is 29.3 Å². The first-order valence-corrected chi connectivity index (χ1v) is 13.9. The summed E-state index contributed by atoms with van der Waals surface area (Å²) < 4.78 is 12.2. The maximum Gasteiger partial charge on any atom is 0.335 e. The topological polar surface area (TPSA) is 106 Å². The van der Waals surface area contributed by atoms with E-state index >= 15 is 0 Å². The van der Waals surface area contributed by atoms with E-state index in [0.29, 0.717) is 29.6 Å². The summed E-state index contributed by atoms with van der Waals surface area (Å²) >= 11 is 7.69. The minimum absolute atomic E-state index is 0.0162. The number of fused-ring (bicyclic) bond motifs is 2. The molecule has 2 atom stereocenters. The number of carboxylic acid groups (broad SMARTS) is 2. The first-order chi connectivity index (χ1) is 18.9. The first-order valence-electron chi connectivity index (χ1n) is 12.5. The molecule has 3 aromatic carbocycles. The van der Waals surface area contributed by atoms with Gasteiger partial charge in [0.15, 0.2) is 0 Å². The Labute approximate surface area is 234 Å². The first kappa shape index (κ1) is 26.8. The van der Waals surface area contributed by atoms with Crippen LogP contribution >= 0.6 is 23.4 Å². The number of carbonyl (C=O) groups is 2. The molecule has 9 heteroatoms. The molecule has 200 valence electrons. The standard InChI is InChI=1S/C30H26ClNO6S/c31-22-6-4-19-5-7-23(32-26(19)14-22)17-37-24-8-9-27-25(15-24)29(39-11-10-28(33)34)21(16-38-27)13-18-2-1-3-20(12-18)30(35)36/h1-9,12,14-15,21,29H,10-11,13,16-17H2,(H,33,34)(H,35,36). The minimum atomic E-state index is -0.972. The second kappa shape index (κ2) is 12.0. The second-order valence-corrected chi connectivity index (χ2v) is 11.0. The number of thioether (sulfide) groups is 1. The predicted octanol–water partition coefficient (Wildman–Crippen LogP) is 6.67. The molecule has 0 saturated heterocycles. The van der Waals surface area contributed by atoms with E-state index in [1.807, 2.05) is 54.6 Å². The number of halogens is 1. The third-order valence-electron chi connectivity index (χ3n) is 6.55. The molecule has 7 nitrogen and oxygen atoms in total. The molecule has 1 aliphatic rings. The van der Waals surface area contributed by atoms with Crippen LogP contribution in [0.25, 0.3) is 10.9 Å². The molecular formula is C30H26ClNO6S. The van der Waals surface area contributed by atoms with Crippen molar-refractivity contribution in [3.05, 3.63) is 100 Å². The van der Waals surface area contributed by atoms with Crippen molar-refractivity contribution in [1.29, 1.82) is 0 Å². The van der Waals surface area contributed by atoms with E-state index in [0.717, 1.165) is 33.5 Å². The summed E-state index contributed by atoms with van der Waals surface area (Å²) in [5.74, 6) is 0.0381. The maximum absolute atomic E-state index is 11.5. The number of benzene rings is 3. The van der Waals surface area contributed by atoms with Gasteiger partial charge in [-0.1, -0.05) is 35.9 Å². The molecule has 4 aromatic rings. The van der Waals surface area contributed by atoms with E-state index in [1.54, 1.807) is 30.0 Å². The third-order valence-corrected chi connectivity index (χ3v) is 8.23. The van der Waals surface area contributed by atoms with Gasteiger partial charge in [0.2, 0.25) is 0 Å². The van der Waals surface area contributed by atoms with Gasteiger partial charge in [-0.2, -0.15) is 11.8 Å². The fraction of sp³-hybridized carbons (Fsp3) is 0.233. The van der Waals surface area contributed by atoms with Crippen LogP contribution in [0.5, 0.6) is 11.5 Å². The van der Waals surface area contributed by atoms with E-state index < -0.39 is 11.9 Å². The zero-order valence-electron chi connectivity index (χ0n) is 20.9. The number of aromatic carboxylic acids is 1. The molecule has 2 unspecified atom stereocenters. The van der Waals surface area contributed by atoms with Crippen LogP contribution in [0.1, 0.15) is 38.8 Å². The minimum Gasteiger partial charge on any atom is -0.493 e. The molecule has 1 aliphatic heterocycles. The van der Waals surface area contributed by atoms with Crippen LogP contribution < -0.4 is 9.47 Å². The fourth-order valence-electron chi connectivity index (χ4n) is 4.68. The smallest absolute Gasteiger partial charge is 0.335 e. The number of hydrogen-bond acceptors (Lipinski definition) is 6. The van der Waals surface area contributed by atoms with E-state index in [9.17, 15) is 19.8 Å². The van der Waals surface area contributed by atoms with Gasteiger partial charge >= 0.3 is 11.9 Å². The summed E-state index contributed by atoms with van der Waals surface area (Å²) in [5, 5.41) is 20.2. The Kier molecular flexibility index (Phi) is 8.24. The monoisotopic (exact) mass is 563 g/mol. The number of pyridine rings is 1. The molecule has 0 amide bonds. The van der Waals surface area contributed by atoms with Gasteiger partial charge in [-0.25, -0.2) is 9.78 Å². The van der Waals surface area contributed by atoms with Crippen molar-refractivity contribution in [1.82, 2.24) is 4.98 Å². The van der Waals surface area contributed by atoms with Crippen molar-refractivity contribution in [2.24, 2.45) is 5.92 Å². The Hall–Kier alpha value is -3.75. The Morgan fingerprint density at radius 2 is 1.90 bits per heavy atom. The number of aromatic nitrogens is 1. The number of hydrogen-bond donors (Lipinski definition) is 2. The average Bonchev–Trinajstić information content (AvgIpc) is 2.92. The second-order valence-electron chi connectivity index (χ2n) is 9.34. The van der Waals surface area contributed by atoms with Crippen LogP contribution in [-0.2, 0) is 17.8 Å². The third kappa shape index (κ3) is 6.64. The molecule has 39 heavy (non-hydrogen) atoms. The van der Waals surface area contributed by atoms with Gasteiger partial charge in [0.05, 0.1) is 29.8 Å². The SMILES string of the molecule is O=C(O)CCSC1c2cc(OCc3ccc4ccc(Cl)cc4n3)ccc2OCC1Cc1cccc(C(=O)O)c1. The molecule has 0 bridgehead atoms. The van der Waals surface area contributed by atoms with E-state index in [1.165, 1.54) is 0 Å². The summed E-state index contributed by atoms with van der Waals surface area (Å²) in [7, 11) is 0. The molecule has 0 aliphatic carbocycles. The molecule has 0 spiro atoms. The lowest BCUT2D eigenvalue weighted by molar-refractivity contribution is -0.136. The Morgan fingerprint density at radius 1 is 1.05 bits per heavy atom. The predicted molar refractivity (Wildman–Crippen MR) is 151 cm³/mol. The highest BCUT2D eigenvalue weighted by molar-refractivity contribution is 7.99. The molecule has 0 fully saturated rings. The summed E-state index contributed by atoms with van der Waals surface area (Å²) in [6.07, 6.45) is 0.645. The number of nitrogens with zero attached hydrogens (tertiary/aromatic N) is 1. The van der Waals surface area contributed by atoms with Gasteiger partial charge in [-0.3, -0.25) is 4.79 Å². The van der Waals surface area contributed by atoms with Gasteiger partial charge in [0.1, 0.15) is 18.1 Å². The van der Waals surface area contributed by atoms with E-state index in [-0.39, 0.29) is 29.8 Å². The van der Waals surface area contributed by atoms with Crippen LogP contribution in [0.4, 0.5) is 0 Å². The van der Waals surface area contributed by atoms with Crippen molar-refractivity contribution in [3.63, 3.8) is 0 Å². The van der Waals surface area contributed by atoms with Crippen LogP contribution in [-0.4, -0.2) is 39.5 Å². The van der Waals surface area contributed by atoms with Gasteiger partial charge in [0, 0.05) is 32.9 Å². The zero-order valence-corrected chi connectivity index (χ0v) is 22.5. The van der Waals surface area contributed by atoms with Crippen LogP contribution in [0.15, 0.2) is 72.8 Å². The van der Waals surface area contributed by atoms with Gasteiger partial charge in [-0.05, 0) is 60.5 Å². The van der Waals surface area contributed by atoms with Crippen LogP contribution in [0.2, 0.25) is 5.02 Å². The summed E-state index contributed by atoms with van der Waals surface area (Å²) in [6.45, 7) is 0.711. The summed E-state index contributed by atoms with van der Waals surface area (Å²) in [4.78, 5) is 27.3. The quantitative estimate of drug-likeness (QED) is 0.220. The highest BCUT2D eigenvalue weighted by Crippen LogP contribution is 2.47. The van der Waals surface area contributed by atoms with Crippen molar-refractivity contribution in [3.8, 4) is 11.5 Å². The zero-order chi connectivity index (χ0) is 27.4. The van der Waals surface area contributed by atoms with E-state index in [4.69, 9.17) is 21.1 Å². The lowest BCUT2D eigenvalue weighted by Gasteiger charge is -2.34. The number of carboxylic acids is 2. The molecular weight excluding hydrogens is 538 g/mol.